The molecule has 0 saturated heterocycles. The minimum absolute atomic E-state index is 0.145. The van der Waals surface area contributed by atoms with E-state index in [0.717, 1.165) is 48.0 Å². The highest BCUT2D eigenvalue weighted by molar-refractivity contribution is 5.25. The molecular formula is C28H44F2. The van der Waals surface area contributed by atoms with Gasteiger partial charge in [-0.1, -0.05) is 58.8 Å². The van der Waals surface area contributed by atoms with Crippen molar-refractivity contribution in [3.63, 3.8) is 0 Å². The van der Waals surface area contributed by atoms with Crippen molar-refractivity contribution < 1.29 is 8.78 Å². The molecule has 3 fully saturated rings. The van der Waals surface area contributed by atoms with Gasteiger partial charge in [-0.2, -0.15) is 0 Å². The Hall–Kier alpha value is -0.920. The second kappa shape index (κ2) is 11.6. The fraction of sp³-hybridized carbons (Fsp3) is 0.786. The molecule has 0 heterocycles. The number of hydrogen-bond acceptors (Lipinski definition) is 0. The van der Waals surface area contributed by atoms with E-state index in [1.165, 1.54) is 96.1 Å². The van der Waals surface area contributed by atoms with E-state index in [4.69, 9.17) is 0 Å². The molecule has 2 heteroatoms. The monoisotopic (exact) mass is 418 g/mol. The predicted molar refractivity (Wildman–Crippen MR) is 124 cm³/mol. The van der Waals surface area contributed by atoms with E-state index in [1.807, 2.05) is 13.8 Å². The maximum absolute atomic E-state index is 13.7. The van der Waals surface area contributed by atoms with Gasteiger partial charge in [-0.3, -0.25) is 0 Å². The van der Waals surface area contributed by atoms with E-state index in [-0.39, 0.29) is 5.56 Å². The first-order chi connectivity index (χ1) is 14.6. The summed E-state index contributed by atoms with van der Waals surface area (Å²) >= 11 is 0. The topological polar surface area (TPSA) is 0 Å². The molecule has 4 rings (SSSR count). The molecule has 30 heavy (non-hydrogen) atoms. The molecule has 1 aromatic rings. The van der Waals surface area contributed by atoms with E-state index in [0.29, 0.717) is 0 Å². The molecule has 0 atom stereocenters. The molecule has 0 aliphatic heterocycles. The van der Waals surface area contributed by atoms with Crippen LogP contribution in [0.25, 0.3) is 0 Å². The molecule has 170 valence electrons. The smallest absolute Gasteiger partial charge is 0.129 e. The molecule has 3 aliphatic carbocycles. The van der Waals surface area contributed by atoms with Crippen LogP contribution < -0.4 is 0 Å². The Balaban J connectivity index is 0.00000124. The number of hydrogen-bond donors (Lipinski definition) is 0. The average molecular weight is 419 g/mol. The number of rotatable bonds is 6. The summed E-state index contributed by atoms with van der Waals surface area (Å²) in [4.78, 5) is 0. The molecule has 0 N–H and O–H groups in total. The first-order valence-corrected chi connectivity index (χ1v) is 13.0. The number of aryl methyl sites for hydroxylation is 1. The van der Waals surface area contributed by atoms with Gasteiger partial charge < -0.3 is 0 Å². The average Bonchev–Trinajstić information content (AvgIpc) is 2.75. The van der Waals surface area contributed by atoms with Gasteiger partial charge in [0.2, 0.25) is 0 Å². The quantitative estimate of drug-likeness (QED) is 0.432. The number of benzene rings is 1. The van der Waals surface area contributed by atoms with E-state index in [9.17, 15) is 8.78 Å². The maximum atomic E-state index is 13.7. The second-order valence-corrected chi connectivity index (χ2v) is 10.3. The Morgan fingerprint density at radius 1 is 0.700 bits per heavy atom. The summed E-state index contributed by atoms with van der Waals surface area (Å²) in [5.74, 6) is 4.01. The van der Waals surface area contributed by atoms with Crippen LogP contribution in [-0.4, -0.2) is 0 Å². The lowest BCUT2D eigenvalue weighted by atomic mass is 9.67. The van der Waals surface area contributed by atoms with Crippen molar-refractivity contribution in [3.8, 4) is 0 Å². The Labute approximate surface area is 184 Å². The highest BCUT2D eigenvalue weighted by atomic mass is 19.1. The van der Waals surface area contributed by atoms with Gasteiger partial charge in [0.1, 0.15) is 11.6 Å². The summed E-state index contributed by atoms with van der Waals surface area (Å²) in [6.45, 7) is 5.51. The van der Waals surface area contributed by atoms with Crippen LogP contribution in [0.15, 0.2) is 12.1 Å². The van der Waals surface area contributed by atoms with E-state index in [2.05, 4.69) is 0 Å². The summed E-state index contributed by atoms with van der Waals surface area (Å²) in [7, 11) is 0. The van der Waals surface area contributed by atoms with Gasteiger partial charge in [-0.15, -0.1) is 0 Å². The van der Waals surface area contributed by atoms with Gasteiger partial charge >= 0.3 is 0 Å². The van der Waals surface area contributed by atoms with Crippen molar-refractivity contribution >= 4 is 0 Å². The lowest BCUT2D eigenvalue weighted by Crippen LogP contribution is -2.27. The van der Waals surface area contributed by atoms with Crippen molar-refractivity contribution in [2.24, 2.45) is 29.6 Å². The van der Waals surface area contributed by atoms with Crippen molar-refractivity contribution in [3.05, 3.63) is 34.9 Å². The summed E-state index contributed by atoms with van der Waals surface area (Å²) in [5.41, 5.74) is 0.971. The first-order valence-electron chi connectivity index (χ1n) is 13.0. The zero-order chi connectivity index (χ0) is 21.5. The van der Waals surface area contributed by atoms with Crippen LogP contribution >= 0.6 is 0 Å². The molecule has 0 radical (unpaired) electrons. The first kappa shape index (κ1) is 23.7. The highest BCUT2D eigenvalue weighted by Crippen LogP contribution is 2.44. The normalized spacial score (nSPS) is 29.6. The molecule has 0 nitrogen and oxygen atoms in total. The van der Waals surface area contributed by atoms with Crippen LogP contribution in [0.3, 0.4) is 0 Å². The van der Waals surface area contributed by atoms with Crippen molar-refractivity contribution in [1.29, 1.82) is 0 Å². The molecule has 1 aromatic carbocycles. The van der Waals surface area contributed by atoms with Gasteiger partial charge in [0, 0.05) is 5.56 Å². The van der Waals surface area contributed by atoms with Gasteiger partial charge in [-0.25, -0.2) is 8.78 Å². The minimum atomic E-state index is -0.397. The maximum Gasteiger partial charge on any atom is 0.129 e. The van der Waals surface area contributed by atoms with Gasteiger partial charge in [0.25, 0.3) is 0 Å². The summed E-state index contributed by atoms with van der Waals surface area (Å²) in [6, 6.07) is 3.07. The number of halogens is 2. The van der Waals surface area contributed by atoms with Crippen LogP contribution in [0.1, 0.15) is 108 Å². The molecular weight excluding hydrogens is 374 g/mol. The van der Waals surface area contributed by atoms with Gasteiger partial charge in [0.15, 0.2) is 0 Å². The van der Waals surface area contributed by atoms with Crippen LogP contribution in [0, 0.1) is 48.1 Å². The Morgan fingerprint density at radius 3 is 1.63 bits per heavy atom. The fourth-order valence-electron chi connectivity index (χ4n) is 6.26. The molecule has 0 unspecified atom stereocenters. The zero-order valence-corrected chi connectivity index (χ0v) is 19.7. The Kier molecular flexibility index (Phi) is 9.20. The predicted octanol–water partition coefficient (Wildman–Crippen LogP) is 9.04. The molecule has 3 saturated carbocycles. The SMILES string of the molecule is CC.Cc1c(F)cc(CCC2CCC(C3CCC(CC4CCC4)CC3)CC2)cc1F. The van der Waals surface area contributed by atoms with Crippen molar-refractivity contribution in [1.82, 2.24) is 0 Å². The molecule has 3 aliphatic rings. The summed E-state index contributed by atoms with van der Waals surface area (Å²) in [5, 5.41) is 0. The summed E-state index contributed by atoms with van der Waals surface area (Å²) in [6.07, 6.45) is 19.3. The standard InChI is InChI=1S/C26H38F2.C2H6/c1-18-25(27)16-22(17-26(18)28)6-5-19-7-11-23(12-8-19)24-13-9-21(10-14-24)15-20-3-2-4-20;1-2/h16-17,19-21,23-24H,2-15H2,1H3;1-2H3. The third-order valence-electron chi connectivity index (χ3n) is 8.52. The van der Waals surface area contributed by atoms with Crippen molar-refractivity contribution in [2.75, 3.05) is 0 Å². The Morgan fingerprint density at radius 2 is 1.17 bits per heavy atom. The second-order valence-electron chi connectivity index (χ2n) is 10.3. The van der Waals surface area contributed by atoms with Crippen LogP contribution in [-0.2, 0) is 6.42 Å². The zero-order valence-electron chi connectivity index (χ0n) is 19.7. The van der Waals surface area contributed by atoms with Crippen LogP contribution in [0.4, 0.5) is 8.78 Å². The minimum Gasteiger partial charge on any atom is -0.207 e. The molecule has 0 spiro atoms. The van der Waals surface area contributed by atoms with E-state index >= 15 is 0 Å². The highest BCUT2D eigenvalue weighted by Gasteiger charge is 2.32. The Bertz CT molecular complexity index is 609. The molecule has 0 amide bonds. The third kappa shape index (κ3) is 6.30. The largest absolute Gasteiger partial charge is 0.207 e. The molecule has 0 aromatic heterocycles. The lowest BCUT2D eigenvalue weighted by Gasteiger charge is -2.39. The van der Waals surface area contributed by atoms with Gasteiger partial charge in [0.05, 0.1) is 0 Å². The van der Waals surface area contributed by atoms with Crippen molar-refractivity contribution in [2.45, 2.75) is 111 Å². The summed E-state index contributed by atoms with van der Waals surface area (Å²) < 4.78 is 27.5. The fourth-order valence-corrected chi connectivity index (χ4v) is 6.26. The third-order valence-corrected chi connectivity index (χ3v) is 8.52. The van der Waals surface area contributed by atoms with Crippen LogP contribution in [0.5, 0.6) is 0 Å². The molecule has 0 bridgehead atoms. The lowest BCUT2D eigenvalue weighted by molar-refractivity contribution is 0.126. The van der Waals surface area contributed by atoms with Crippen LogP contribution in [0.2, 0.25) is 0 Å². The van der Waals surface area contributed by atoms with E-state index in [1.54, 1.807) is 0 Å². The van der Waals surface area contributed by atoms with Gasteiger partial charge in [-0.05, 0) is 99.2 Å². The van der Waals surface area contributed by atoms with E-state index < -0.39 is 11.6 Å².